The third-order valence-electron chi connectivity index (χ3n) is 4.41. The number of carbonyl (C=O) groups excluding carboxylic acids is 1. The van der Waals surface area contributed by atoms with Crippen molar-refractivity contribution in [2.24, 2.45) is 5.92 Å². The number of carbonyl (C=O) groups is 2. The molecule has 4 nitrogen and oxygen atoms in total. The molecule has 2 N–H and O–H groups in total. The molecule has 1 aliphatic rings. The van der Waals surface area contributed by atoms with Gasteiger partial charge in [-0.15, -0.1) is 11.3 Å². The van der Waals surface area contributed by atoms with Crippen LogP contribution in [0.4, 0.5) is 4.39 Å². The van der Waals surface area contributed by atoms with Gasteiger partial charge in [-0.3, -0.25) is 9.59 Å². The van der Waals surface area contributed by atoms with E-state index in [1.54, 1.807) is 12.1 Å². The summed E-state index contributed by atoms with van der Waals surface area (Å²) in [6, 6.07) is 7.91. The number of hydrogen-bond acceptors (Lipinski definition) is 3. The number of carboxylic acid groups (broad SMARTS) is 1. The van der Waals surface area contributed by atoms with Gasteiger partial charge in [0.05, 0.1) is 10.8 Å². The summed E-state index contributed by atoms with van der Waals surface area (Å²) >= 11 is 1.39. The lowest BCUT2D eigenvalue weighted by atomic mass is 10.1. The fraction of sp³-hybridized carbons (Fsp3) is 0.333. The molecule has 0 saturated heterocycles. The van der Waals surface area contributed by atoms with Gasteiger partial charge < -0.3 is 10.4 Å². The molecule has 0 radical (unpaired) electrons. The summed E-state index contributed by atoms with van der Waals surface area (Å²) in [4.78, 5) is 25.0. The number of rotatable bonds is 4. The van der Waals surface area contributed by atoms with Gasteiger partial charge >= 0.3 is 5.97 Å². The van der Waals surface area contributed by atoms with Gasteiger partial charge in [0.15, 0.2) is 0 Å². The maximum absolute atomic E-state index is 13.0. The largest absolute Gasteiger partial charge is 0.481 e. The Bertz CT molecular complexity index is 769. The van der Waals surface area contributed by atoms with E-state index in [-0.39, 0.29) is 23.7 Å². The number of aryl methyl sites for hydroxylation is 1. The maximum Gasteiger partial charge on any atom is 0.306 e. The predicted octanol–water partition coefficient (Wildman–Crippen LogP) is 3.85. The number of thiophene rings is 1. The molecule has 1 aromatic carbocycles. The fourth-order valence-electron chi connectivity index (χ4n) is 3.10. The van der Waals surface area contributed by atoms with Crippen LogP contribution in [0.2, 0.25) is 0 Å². The molecule has 2 aromatic rings. The van der Waals surface area contributed by atoms with E-state index in [0.29, 0.717) is 24.1 Å². The number of hydrogen-bond donors (Lipinski definition) is 2. The van der Waals surface area contributed by atoms with Crippen LogP contribution >= 0.6 is 11.3 Å². The van der Waals surface area contributed by atoms with Crippen molar-refractivity contribution in [1.82, 2.24) is 5.32 Å². The molecule has 1 amide bonds. The van der Waals surface area contributed by atoms with Crippen molar-refractivity contribution in [1.29, 1.82) is 0 Å². The quantitative estimate of drug-likeness (QED) is 0.883. The van der Waals surface area contributed by atoms with Crippen LogP contribution in [-0.2, 0) is 4.79 Å². The molecular weight excluding hydrogens is 329 g/mol. The highest BCUT2D eigenvalue weighted by Gasteiger charge is 2.31. The normalized spacial score (nSPS) is 20.1. The third kappa shape index (κ3) is 3.48. The molecule has 3 rings (SSSR count). The molecule has 0 aliphatic heterocycles. The second-order valence-corrected chi connectivity index (χ2v) is 7.36. The fourth-order valence-corrected chi connectivity index (χ4v) is 4.05. The van der Waals surface area contributed by atoms with Gasteiger partial charge in [-0.2, -0.15) is 0 Å². The van der Waals surface area contributed by atoms with Crippen LogP contribution in [0, 0.1) is 18.7 Å². The molecule has 0 spiro atoms. The number of nitrogens with one attached hydrogen (secondary N) is 1. The van der Waals surface area contributed by atoms with Crippen molar-refractivity contribution in [2.75, 3.05) is 0 Å². The lowest BCUT2D eigenvalue weighted by Gasteiger charge is -2.11. The molecule has 2 atom stereocenters. The standard InChI is InChI=1S/C18H18FNO3S/c1-10-15(11-2-5-13(19)6-3-11)9-16(24-10)17(21)20-14-7-4-12(8-14)18(22)23/h2-3,5-6,9,12,14H,4,7-8H2,1H3,(H,20,21)(H,22,23)/t12-,14+/m1/s1. The summed E-state index contributed by atoms with van der Waals surface area (Å²) < 4.78 is 13.0. The second kappa shape index (κ2) is 6.73. The van der Waals surface area contributed by atoms with E-state index in [1.807, 2.05) is 13.0 Å². The molecule has 0 bridgehead atoms. The average molecular weight is 347 g/mol. The lowest BCUT2D eigenvalue weighted by molar-refractivity contribution is -0.141. The summed E-state index contributed by atoms with van der Waals surface area (Å²) in [5.74, 6) is -1.63. The SMILES string of the molecule is Cc1sc(C(=O)N[C@H]2CC[C@@H](C(=O)O)C2)cc1-c1ccc(F)cc1. The van der Waals surface area contributed by atoms with E-state index in [2.05, 4.69) is 5.32 Å². The van der Waals surface area contributed by atoms with Crippen molar-refractivity contribution in [2.45, 2.75) is 32.2 Å². The van der Waals surface area contributed by atoms with Gasteiger partial charge in [-0.1, -0.05) is 12.1 Å². The zero-order valence-electron chi connectivity index (χ0n) is 13.2. The predicted molar refractivity (Wildman–Crippen MR) is 90.7 cm³/mol. The van der Waals surface area contributed by atoms with Crippen molar-refractivity contribution < 1.29 is 19.1 Å². The van der Waals surface area contributed by atoms with Gasteiger partial charge in [0.2, 0.25) is 0 Å². The summed E-state index contributed by atoms with van der Waals surface area (Å²) in [6.45, 7) is 1.93. The van der Waals surface area contributed by atoms with Crippen LogP contribution in [0.1, 0.15) is 33.8 Å². The summed E-state index contributed by atoms with van der Waals surface area (Å²) in [5.41, 5.74) is 1.79. The number of benzene rings is 1. The first-order valence-electron chi connectivity index (χ1n) is 7.84. The number of amides is 1. The van der Waals surface area contributed by atoms with Gasteiger partial charge in [0.25, 0.3) is 5.91 Å². The van der Waals surface area contributed by atoms with E-state index >= 15 is 0 Å². The summed E-state index contributed by atoms with van der Waals surface area (Å²) in [6.07, 6.45) is 1.78. The molecule has 1 aromatic heterocycles. The number of halogens is 1. The van der Waals surface area contributed by atoms with Gasteiger partial charge in [-0.25, -0.2) is 4.39 Å². The molecule has 1 heterocycles. The first-order chi connectivity index (χ1) is 11.4. The Hall–Kier alpha value is -2.21. The zero-order chi connectivity index (χ0) is 17.3. The molecule has 24 heavy (non-hydrogen) atoms. The Morgan fingerprint density at radius 1 is 1.25 bits per heavy atom. The minimum absolute atomic E-state index is 0.0877. The molecular formula is C18H18FNO3S. The van der Waals surface area contributed by atoms with E-state index < -0.39 is 5.97 Å². The maximum atomic E-state index is 13.0. The van der Waals surface area contributed by atoms with Crippen molar-refractivity contribution in [3.63, 3.8) is 0 Å². The highest BCUT2D eigenvalue weighted by molar-refractivity contribution is 7.14. The first-order valence-corrected chi connectivity index (χ1v) is 8.65. The highest BCUT2D eigenvalue weighted by Crippen LogP contribution is 2.32. The Kier molecular flexibility index (Phi) is 4.66. The van der Waals surface area contributed by atoms with Crippen molar-refractivity contribution >= 4 is 23.2 Å². The molecule has 0 unspecified atom stereocenters. The summed E-state index contributed by atoms with van der Waals surface area (Å²) in [5, 5.41) is 12.0. The van der Waals surface area contributed by atoms with Crippen LogP contribution in [0.3, 0.4) is 0 Å². The molecule has 126 valence electrons. The monoisotopic (exact) mass is 347 g/mol. The average Bonchev–Trinajstić information content (AvgIpc) is 3.15. The van der Waals surface area contributed by atoms with Gasteiger partial charge in [-0.05, 0) is 55.5 Å². The minimum Gasteiger partial charge on any atom is -0.481 e. The molecule has 1 aliphatic carbocycles. The van der Waals surface area contributed by atoms with E-state index in [0.717, 1.165) is 16.0 Å². The lowest BCUT2D eigenvalue weighted by Crippen LogP contribution is -2.32. The van der Waals surface area contributed by atoms with E-state index in [1.165, 1.54) is 23.5 Å². The summed E-state index contributed by atoms with van der Waals surface area (Å²) in [7, 11) is 0. The Morgan fingerprint density at radius 2 is 1.96 bits per heavy atom. The number of carboxylic acids is 1. The number of aliphatic carboxylic acids is 1. The van der Waals surface area contributed by atoms with E-state index in [9.17, 15) is 14.0 Å². The Morgan fingerprint density at radius 3 is 2.58 bits per heavy atom. The van der Waals surface area contributed by atoms with Crippen LogP contribution in [0.5, 0.6) is 0 Å². The van der Waals surface area contributed by atoms with E-state index in [4.69, 9.17) is 5.11 Å². The molecule has 6 heteroatoms. The van der Waals surface area contributed by atoms with Gasteiger partial charge in [0, 0.05) is 10.9 Å². The minimum atomic E-state index is -0.794. The first kappa shape index (κ1) is 16.6. The smallest absolute Gasteiger partial charge is 0.306 e. The Labute approximate surface area is 143 Å². The zero-order valence-corrected chi connectivity index (χ0v) is 14.0. The third-order valence-corrected chi connectivity index (χ3v) is 5.46. The molecule has 1 fully saturated rings. The van der Waals surface area contributed by atoms with Crippen LogP contribution in [0.25, 0.3) is 11.1 Å². The second-order valence-electron chi connectivity index (χ2n) is 6.11. The topological polar surface area (TPSA) is 66.4 Å². The molecule has 1 saturated carbocycles. The Balaban J connectivity index is 1.71. The van der Waals surface area contributed by atoms with Crippen molar-refractivity contribution in [3.8, 4) is 11.1 Å². The van der Waals surface area contributed by atoms with Crippen LogP contribution in [-0.4, -0.2) is 23.0 Å². The van der Waals surface area contributed by atoms with Crippen LogP contribution < -0.4 is 5.32 Å². The highest BCUT2D eigenvalue weighted by atomic mass is 32.1. The van der Waals surface area contributed by atoms with Gasteiger partial charge in [0.1, 0.15) is 5.82 Å². The van der Waals surface area contributed by atoms with Crippen LogP contribution in [0.15, 0.2) is 30.3 Å². The van der Waals surface area contributed by atoms with Crippen molar-refractivity contribution in [3.05, 3.63) is 45.9 Å².